The molecule has 1 aromatic heterocycles. The van der Waals surface area contributed by atoms with Crippen LogP contribution in [0.3, 0.4) is 0 Å². The molecule has 0 aliphatic carbocycles. The molecule has 1 amide bonds. The molecule has 0 saturated heterocycles. The van der Waals surface area contributed by atoms with Gasteiger partial charge >= 0.3 is 0 Å². The van der Waals surface area contributed by atoms with E-state index in [0.29, 0.717) is 5.69 Å². The van der Waals surface area contributed by atoms with Crippen molar-refractivity contribution in [2.24, 2.45) is 0 Å². The van der Waals surface area contributed by atoms with Crippen LogP contribution < -0.4 is 14.9 Å². The highest BCUT2D eigenvalue weighted by atomic mass is 79.9. The minimum Gasteiger partial charge on any atom is -0.495 e. The quantitative estimate of drug-likeness (QED) is 0.593. The van der Waals surface area contributed by atoms with Crippen LogP contribution in [0.5, 0.6) is 5.75 Å². The number of rotatable bonds is 6. The Kier molecular flexibility index (Phi) is 5.42. The molecular weight excluding hydrogens is 438 g/mol. The van der Waals surface area contributed by atoms with Crippen LogP contribution >= 0.6 is 15.9 Å². The van der Waals surface area contributed by atoms with Gasteiger partial charge in [0.05, 0.1) is 7.11 Å². The molecule has 0 unspecified atom stereocenters. The van der Waals surface area contributed by atoms with Crippen molar-refractivity contribution >= 4 is 37.5 Å². The summed E-state index contributed by atoms with van der Waals surface area (Å²) in [6.45, 7) is 0. The molecular formula is C16H14BrN5O4S. The van der Waals surface area contributed by atoms with Gasteiger partial charge in [0.15, 0.2) is 0 Å². The van der Waals surface area contributed by atoms with Crippen molar-refractivity contribution < 1.29 is 17.9 Å². The highest BCUT2D eigenvalue weighted by Crippen LogP contribution is 2.27. The van der Waals surface area contributed by atoms with Gasteiger partial charge in [0.25, 0.3) is 15.9 Å². The summed E-state index contributed by atoms with van der Waals surface area (Å²) in [5.74, 6) is -0.419. The molecule has 27 heavy (non-hydrogen) atoms. The number of halogens is 1. The molecule has 140 valence electrons. The Morgan fingerprint density at radius 3 is 2.41 bits per heavy atom. The number of carbonyl (C=O) groups is 1. The van der Waals surface area contributed by atoms with Crippen molar-refractivity contribution in [1.82, 2.24) is 14.9 Å². The van der Waals surface area contributed by atoms with Crippen LogP contribution in [0.15, 0.2) is 64.5 Å². The first-order valence-corrected chi connectivity index (χ1v) is 9.79. The number of ether oxygens (including phenoxy) is 1. The van der Waals surface area contributed by atoms with E-state index < -0.39 is 15.9 Å². The van der Waals surface area contributed by atoms with Crippen molar-refractivity contribution in [2.45, 2.75) is 4.90 Å². The largest absolute Gasteiger partial charge is 0.495 e. The third-order valence-corrected chi connectivity index (χ3v) is 5.39. The van der Waals surface area contributed by atoms with Crippen LogP contribution in [0.4, 0.5) is 5.69 Å². The van der Waals surface area contributed by atoms with Gasteiger partial charge in [-0.05, 0) is 42.5 Å². The van der Waals surface area contributed by atoms with E-state index in [1.165, 1.54) is 42.6 Å². The highest BCUT2D eigenvalue weighted by Gasteiger charge is 2.22. The maximum atomic E-state index is 12.8. The Labute approximate surface area is 163 Å². The lowest BCUT2D eigenvalue weighted by molar-refractivity contribution is 0.101. The topological polar surface area (TPSA) is 115 Å². The monoisotopic (exact) mass is 451 g/mol. The summed E-state index contributed by atoms with van der Waals surface area (Å²) in [5.41, 5.74) is 3.00. The molecule has 0 aliphatic rings. The van der Waals surface area contributed by atoms with Gasteiger partial charge in [0.2, 0.25) is 0 Å². The normalized spacial score (nSPS) is 11.0. The number of benzene rings is 2. The van der Waals surface area contributed by atoms with Crippen LogP contribution in [0, 0.1) is 0 Å². The van der Waals surface area contributed by atoms with E-state index in [1.807, 2.05) is 0 Å². The molecule has 3 aromatic rings. The zero-order valence-corrected chi connectivity index (χ0v) is 16.4. The molecule has 0 atom stereocenters. The molecule has 0 bridgehead atoms. The molecule has 11 heteroatoms. The zero-order valence-electron chi connectivity index (χ0n) is 14.0. The van der Waals surface area contributed by atoms with Crippen LogP contribution in [0.1, 0.15) is 10.4 Å². The van der Waals surface area contributed by atoms with E-state index in [0.717, 1.165) is 4.47 Å². The van der Waals surface area contributed by atoms with Gasteiger partial charge < -0.3 is 4.74 Å². The molecule has 0 spiro atoms. The third kappa shape index (κ3) is 4.44. The Morgan fingerprint density at radius 2 is 1.78 bits per heavy atom. The van der Waals surface area contributed by atoms with Crippen molar-refractivity contribution in [1.29, 1.82) is 0 Å². The van der Waals surface area contributed by atoms with E-state index in [1.54, 1.807) is 24.3 Å². The van der Waals surface area contributed by atoms with Gasteiger partial charge in [-0.15, -0.1) is 10.2 Å². The van der Waals surface area contributed by atoms with Crippen molar-refractivity contribution in [3.63, 3.8) is 0 Å². The summed E-state index contributed by atoms with van der Waals surface area (Å²) in [6.07, 6.45) is 2.60. The zero-order chi connectivity index (χ0) is 19.4. The predicted octanol–water partition coefficient (Wildman–Crippen LogP) is 2.23. The lowest BCUT2D eigenvalue weighted by Crippen LogP contribution is -2.22. The van der Waals surface area contributed by atoms with Gasteiger partial charge in [0, 0.05) is 15.7 Å². The van der Waals surface area contributed by atoms with Gasteiger partial charge in [-0.2, -0.15) is 0 Å². The second kappa shape index (κ2) is 7.76. The molecule has 0 fully saturated rings. The summed E-state index contributed by atoms with van der Waals surface area (Å²) in [6, 6.07) is 10.7. The Bertz CT molecular complexity index is 1050. The second-order valence-electron chi connectivity index (χ2n) is 5.29. The molecule has 1 heterocycles. The van der Waals surface area contributed by atoms with Crippen molar-refractivity contribution in [2.75, 3.05) is 17.3 Å². The van der Waals surface area contributed by atoms with Crippen LogP contribution in [-0.2, 0) is 10.0 Å². The molecule has 2 N–H and O–H groups in total. The Hall–Kier alpha value is -2.92. The van der Waals surface area contributed by atoms with E-state index in [9.17, 15) is 13.2 Å². The number of nitrogens with one attached hydrogen (secondary N) is 2. The first kappa shape index (κ1) is 18.9. The summed E-state index contributed by atoms with van der Waals surface area (Å²) in [7, 11) is -2.64. The molecule has 3 rings (SSSR count). The molecule has 0 aliphatic heterocycles. The standard InChI is InChI=1S/C16H14BrN5O4S/c1-26-14-7-2-11(16(23)20-22-9-18-19-10-22)8-15(14)27(24,25)21-13-5-3-12(17)4-6-13/h2-10,21H,1H3,(H,20,23). The lowest BCUT2D eigenvalue weighted by Gasteiger charge is -2.13. The summed E-state index contributed by atoms with van der Waals surface area (Å²) in [5, 5.41) is 7.15. The van der Waals surface area contributed by atoms with Gasteiger partial charge in [-0.3, -0.25) is 14.9 Å². The minimum absolute atomic E-state index is 0.112. The van der Waals surface area contributed by atoms with E-state index in [-0.39, 0.29) is 16.2 Å². The number of amides is 1. The number of carbonyl (C=O) groups excluding carboxylic acids is 1. The number of anilines is 1. The minimum atomic E-state index is -3.99. The molecule has 2 aromatic carbocycles. The maximum absolute atomic E-state index is 12.8. The fourth-order valence-electron chi connectivity index (χ4n) is 2.20. The van der Waals surface area contributed by atoms with E-state index in [2.05, 4.69) is 36.3 Å². The first-order chi connectivity index (χ1) is 12.9. The number of sulfonamides is 1. The Balaban J connectivity index is 1.92. The number of aromatic nitrogens is 3. The average Bonchev–Trinajstić information content (AvgIpc) is 3.16. The SMILES string of the molecule is COc1ccc(C(=O)Nn2cnnc2)cc1S(=O)(=O)Nc1ccc(Br)cc1. The fraction of sp³-hybridized carbons (Fsp3) is 0.0625. The van der Waals surface area contributed by atoms with Crippen molar-refractivity contribution in [3.05, 3.63) is 65.2 Å². The highest BCUT2D eigenvalue weighted by molar-refractivity contribution is 9.10. The predicted molar refractivity (Wildman–Crippen MR) is 102 cm³/mol. The van der Waals surface area contributed by atoms with Crippen molar-refractivity contribution in [3.8, 4) is 5.75 Å². The van der Waals surface area contributed by atoms with Gasteiger partial charge in [0.1, 0.15) is 23.3 Å². The number of hydrogen-bond acceptors (Lipinski definition) is 6. The van der Waals surface area contributed by atoms with Crippen LogP contribution in [0.25, 0.3) is 0 Å². The first-order valence-electron chi connectivity index (χ1n) is 7.51. The maximum Gasteiger partial charge on any atom is 0.270 e. The van der Waals surface area contributed by atoms with E-state index in [4.69, 9.17) is 4.74 Å². The number of methoxy groups -OCH3 is 1. The number of hydrogen-bond donors (Lipinski definition) is 2. The summed E-state index contributed by atoms with van der Waals surface area (Å²) >= 11 is 3.29. The Morgan fingerprint density at radius 1 is 1.11 bits per heavy atom. The summed E-state index contributed by atoms with van der Waals surface area (Å²) < 4.78 is 35.3. The van der Waals surface area contributed by atoms with E-state index >= 15 is 0 Å². The smallest absolute Gasteiger partial charge is 0.270 e. The molecule has 9 nitrogen and oxygen atoms in total. The lowest BCUT2D eigenvalue weighted by atomic mass is 10.2. The fourth-order valence-corrected chi connectivity index (χ4v) is 3.72. The van der Waals surface area contributed by atoms with Crippen LogP contribution in [0.2, 0.25) is 0 Å². The van der Waals surface area contributed by atoms with Crippen LogP contribution in [-0.4, -0.2) is 36.3 Å². The van der Waals surface area contributed by atoms with Gasteiger partial charge in [-0.25, -0.2) is 13.1 Å². The number of nitrogens with zero attached hydrogens (tertiary/aromatic N) is 3. The average molecular weight is 452 g/mol. The molecule has 0 radical (unpaired) electrons. The van der Waals surface area contributed by atoms with Gasteiger partial charge in [-0.1, -0.05) is 15.9 Å². The third-order valence-electron chi connectivity index (χ3n) is 3.46. The second-order valence-corrected chi connectivity index (χ2v) is 7.85. The summed E-state index contributed by atoms with van der Waals surface area (Å²) in [4.78, 5) is 12.2. The molecule has 0 saturated carbocycles.